The average molecular weight is 151 g/mol. The largest absolute Gasteiger partial charge is 0.508 e. The fraction of sp³-hybridized carbons (Fsp3) is 0.333. The second kappa shape index (κ2) is 2.55. The third kappa shape index (κ3) is 1.71. The Morgan fingerprint density at radius 3 is 2.18 bits per heavy atom. The maximum absolute atomic E-state index is 9.37. The van der Waals surface area contributed by atoms with Crippen LogP contribution in [0, 0.1) is 0 Å². The Bertz CT molecular complexity index is 250. The average Bonchev–Trinajstić information content (AvgIpc) is 1.86. The second-order valence-corrected chi connectivity index (χ2v) is 3.24. The van der Waals surface area contributed by atoms with Gasteiger partial charge in [-0.3, -0.25) is 0 Å². The van der Waals surface area contributed by atoms with Crippen LogP contribution in [0.15, 0.2) is 24.3 Å². The van der Waals surface area contributed by atoms with Crippen molar-refractivity contribution in [3.05, 3.63) is 29.8 Å². The molecule has 2 heteroatoms. The van der Waals surface area contributed by atoms with Crippen LogP contribution >= 0.6 is 0 Å². The SMILES string of the molecule is CC(C)(N)c1ccccc1O. The van der Waals surface area contributed by atoms with Crippen LogP contribution in [0.5, 0.6) is 5.75 Å². The highest BCUT2D eigenvalue weighted by Crippen LogP contribution is 2.25. The van der Waals surface area contributed by atoms with Crippen LogP contribution in [-0.2, 0) is 5.54 Å². The number of rotatable bonds is 1. The summed E-state index contributed by atoms with van der Waals surface area (Å²) in [5.74, 6) is 0.264. The van der Waals surface area contributed by atoms with Gasteiger partial charge in [0.25, 0.3) is 0 Å². The monoisotopic (exact) mass is 151 g/mol. The molecular weight excluding hydrogens is 138 g/mol. The number of nitrogens with two attached hydrogens (primary N) is 1. The zero-order valence-corrected chi connectivity index (χ0v) is 6.83. The molecule has 0 aliphatic carbocycles. The number of phenols is 1. The van der Waals surface area contributed by atoms with Crippen molar-refractivity contribution in [3.63, 3.8) is 0 Å². The van der Waals surface area contributed by atoms with E-state index < -0.39 is 5.54 Å². The minimum Gasteiger partial charge on any atom is -0.508 e. The second-order valence-electron chi connectivity index (χ2n) is 3.24. The minimum absolute atomic E-state index is 0.264. The highest BCUT2D eigenvalue weighted by molar-refractivity contribution is 5.36. The topological polar surface area (TPSA) is 46.2 Å². The third-order valence-electron chi connectivity index (χ3n) is 1.60. The lowest BCUT2D eigenvalue weighted by molar-refractivity contribution is 0.440. The standard InChI is InChI=1S/C9H13NO/c1-9(2,10)7-5-3-4-6-8(7)11/h3-6,11H,10H2,1-2H3. The molecule has 0 atom stereocenters. The Labute approximate surface area is 66.7 Å². The van der Waals surface area contributed by atoms with Crippen LogP contribution in [0.25, 0.3) is 0 Å². The van der Waals surface area contributed by atoms with Crippen LogP contribution in [0.1, 0.15) is 19.4 Å². The van der Waals surface area contributed by atoms with Gasteiger partial charge >= 0.3 is 0 Å². The van der Waals surface area contributed by atoms with E-state index in [1.807, 2.05) is 26.0 Å². The number of aromatic hydroxyl groups is 1. The van der Waals surface area contributed by atoms with E-state index in [9.17, 15) is 5.11 Å². The maximum atomic E-state index is 9.37. The molecule has 1 aromatic carbocycles. The maximum Gasteiger partial charge on any atom is 0.120 e. The fourth-order valence-corrected chi connectivity index (χ4v) is 1.02. The van der Waals surface area contributed by atoms with Gasteiger partial charge in [0, 0.05) is 11.1 Å². The summed E-state index contributed by atoms with van der Waals surface area (Å²) in [6.07, 6.45) is 0. The quantitative estimate of drug-likeness (QED) is 0.640. The van der Waals surface area contributed by atoms with Gasteiger partial charge in [-0.1, -0.05) is 18.2 Å². The number of para-hydroxylation sites is 1. The van der Waals surface area contributed by atoms with Gasteiger partial charge < -0.3 is 10.8 Å². The Hall–Kier alpha value is -1.02. The molecular formula is C9H13NO. The third-order valence-corrected chi connectivity index (χ3v) is 1.60. The molecule has 0 saturated heterocycles. The van der Waals surface area contributed by atoms with Gasteiger partial charge in [0.1, 0.15) is 5.75 Å². The van der Waals surface area contributed by atoms with Crippen molar-refractivity contribution in [2.75, 3.05) is 0 Å². The predicted octanol–water partition coefficient (Wildman–Crippen LogP) is 1.59. The first-order valence-electron chi connectivity index (χ1n) is 3.59. The lowest BCUT2D eigenvalue weighted by atomic mass is 9.95. The summed E-state index contributed by atoms with van der Waals surface area (Å²) in [6.45, 7) is 3.73. The Balaban J connectivity index is 3.14. The molecule has 0 aromatic heterocycles. The number of benzene rings is 1. The first-order chi connectivity index (χ1) is 5.02. The van der Waals surface area contributed by atoms with Gasteiger partial charge in [0.05, 0.1) is 0 Å². The molecule has 0 saturated carbocycles. The molecule has 0 heterocycles. The van der Waals surface area contributed by atoms with Gasteiger partial charge in [-0.15, -0.1) is 0 Å². The minimum atomic E-state index is -0.467. The lowest BCUT2D eigenvalue weighted by Crippen LogP contribution is -2.28. The predicted molar refractivity (Wildman–Crippen MR) is 45.3 cm³/mol. The normalized spacial score (nSPS) is 11.5. The van der Waals surface area contributed by atoms with Crippen molar-refractivity contribution in [1.29, 1.82) is 0 Å². The molecule has 2 nitrogen and oxygen atoms in total. The summed E-state index contributed by atoms with van der Waals surface area (Å²) in [6, 6.07) is 7.12. The molecule has 0 aliphatic rings. The molecule has 0 bridgehead atoms. The van der Waals surface area contributed by atoms with Crippen molar-refractivity contribution in [2.24, 2.45) is 5.73 Å². The molecule has 3 N–H and O–H groups in total. The first kappa shape index (κ1) is 8.08. The number of hydrogen-bond acceptors (Lipinski definition) is 2. The first-order valence-corrected chi connectivity index (χ1v) is 3.59. The van der Waals surface area contributed by atoms with Crippen molar-refractivity contribution < 1.29 is 5.11 Å². The van der Waals surface area contributed by atoms with Gasteiger partial charge in [-0.05, 0) is 19.9 Å². The highest BCUT2D eigenvalue weighted by Gasteiger charge is 2.16. The number of hydrogen-bond donors (Lipinski definition) is 2. The summed E-state index contributed by atoms with van der Waals surface area (Å²) in [7, 11) is 0. The Morgan fingerprint density at radius 1 is 1.27 bits per heavy atom. The van der Waals surface area contributed by atoms with E-state index in [1.165, 1.54) is 0 Å². The van der Waals surface area contributed by atoms with Gasteiger partial charge in [-0.2, -0.15) is 0 Å². The lowest BCUT2D eigenvalue weighted by Gasteiger charge is -2.19. The summed E-state index contributed by atoms with van der Waals surface area (Å²) >= 11 is 0. The van der Waals surface area contributed by atoms with Crippen LogP contribution in [0.4, 0.5) is 0 Å². The van der Waals surface area contributed by atoms with Crippen molar-refractivity contribution in [2.45, 2.75) is 19.4 Å². The van der Waals surface area contributed by atoms with E-state index in [0.29, 0.717) is 0 Å². The fourth-order valence-electron chi connectivity index (χ4n) is 1.02. The van der Waals surface area contributed by atoms with Crippen LogP contribution in [0.2, 0.25) is 0 Å². The zero-order chi connectivity index (χ0) is 8.48. The molecule has 60 valence electrons. The summed E-state index contributed by atoms with van der Waals surface area (Å²) in [5.41, 5.74) is 6.11. The molecule has 1 rings (SSSR count). The smallest absolute Gasteiger partial charge is 0.120 e. The molecule has 0 radical (unpaired) electrons. The van der Waals surface area contributed by atoms with Crippen molar-refractivity contribution in [3.8, 4) is 5.75 Å². The van der Waals surface area contributed by atoms with Crippen LogP contribution < -0.4 is 5.73 Å². The molecule has 0 spiro atoms. The van der Waals surface area contributed by atoms with E-state index in [2.05, 4.69) is 0 Å². The molecule has 0 fully saturated rings. The molecule has 1 aromatic rings. The summed E-state index contributed by atoms with van der Waals surface area (Å²) < 4.78 is 0. The summed E-state index contributed by atoms with van der Waals surface area (Å²) in [4.78, 5) is 0. The van der Waals surface area contributed by atoms with Crippen molar-refractivity contribution >= 4 is 0 Å². The van der Waals surface area contributed by atoms with Crippen LogP contribution in [-0.4, -0.2) is 5.11 Å². The highest BCUT2D eigenvalue weighted by atomic mass is 16.3. The van der Waals surface area contributed by atoms with E-state index >= 15 is 0 Å². The zero-order valence-electron chi connectivity index (χ0n) is 6.83. The van der Waals surface area contributed by atoms with Gasteiger partial charge in [0.15, 0.2) is 0 Å². The van der Waals surface area contributed by atoms with Gasteiger partial charge in [-0.25, -0.2) is 0 Å². The van der Waals surface area contributed by atoms with Crippen LogP contribution in [0.3, 0.4) is 0 Å². The molecule has 0 aliphatic heterocycles. The number of phenolic OH excluding ortho intramolecular Hbond substituents is 1. The van der Waals surface area contributed by atoms with Crippen molar-refractivity contribution in [1.82, 2.24) is 0 Å². The Kier molecular flexibility index (Phi) is 1.87. The molecule has 11 heavy (non-hydrogen) atoms. The van der Waals surface area contributed by atoms with E-state index in [4.69, 9.17) is 5.73 Å². The van der Waals surface area contributed by atoms with E-state index in [-0.39, 0.29) is 5.75 Å². The van der Waals surface area contributed by atoms with E-state index in [1.54, 1.807) is 12.1 Å². The van der Waals surface area contributed by atoms with E-state index in [0.717, 1.165) is 5.56 Å². The molecule has 0 amide bonds. The summed E-state index contributed by atoms with van der Waals surface area (Å²) in [5, 5.41) is 9.37. The molecule has 0 unspecified atom stereocenters. The van der Waals surface area contributed by atoms with Gasteiger partial charge in [0.2, 0.25) is 0 Å². The Morgan fingerprint density at radius 2 is 1.82 bits per heavy atom.